The minimum Gasteiger partial charge on any atom is -0.496 e. The third kappa shape index (κ3) is 6.37. The molecule has 1 aromatic carbocycles. The van der Waals surface area contributed by atoms with Gasteiger partial charge in [0.2, 0.25) is 0 Å². The van der Waals surface area contributed by atoms with E-state index < -0.39 is 0 Å². The molecule has 0 aliphatic heterocycles. The van der Waals surface area contributed by atoms with E-state index in [-0.39, 0.29) is 12.5 Å². The fourth-order valence-electron chi connectivity index (χ4n) is 2.16. The molecule has 0 aromatic heterocycles. The molecule has 1 N–H and O–H groups in total. The van der Waals surface area contributed by atoms with Crippen LogP contribution in [0.2, 0.25) is 0 Å². The van der Waals surface area contributed by atoms with E-state index in [1.807, 2.05) is 18.2 Å². The van der Waals surface area contributed by atoms with Gasteiger partial charge in [0.25, 0.3) is 0 Å². The van der Waals surface area contributed by atoms with Crippen molar-refractivity contribution >= 4 is 0 Å². The van der Waals surface area contributed by atoms with Gasteiger partial charge in [0.1, 0.15) is 5.75 Å². The topological polar surface area (TPSA) is 47.9 Å². The van der Waals surface area contributed by atoms with Gasteiger partial charge in [0.05, 0.1) is 20.3 Å². The lowest BCUT2D eigenvalue weighted by molar-refractivity contribution is 0.0657. The van der Waals surface area contributed by atoms with Crippen LogP contribution < -0.4 is 4.74 Å². The number of hydrogen-bond acceptors (Lipinski definition) is 4. The summed E-state index contributed by atoms with van der Waals surface area (Å²) in [4.78, 5) is 0. The maximum Gasteiger partial charge on any atom is 0.122 e. The highest BCUT2D eigenvalue weighted by molar-refractivity contribution is 5.33. The zero-order valence-electron chi connectivity index (χ0n) is 12.5. The van der Waals surface area contributed by atoms with Gasteiger partial charge in [-0.3, -0.25) is 0 Å². The SMILES string of the molecule is COCCOCCCC(CO)Cc1ccccc1OC. The fraction of sp³-hybridized carbons (Fsp3) is 0.625. The molecule has 0 fully saturated rings. The number of aliphatic hydroxyl groups excluding tert-OH is 1. The number of rotatable bonds is 11. The second-order valence-electron chi connectivity index (χ2n) is 4.81. The van der Waals surface area contributed by atoms with E-state index in [1.165, 1.54) is 0 Å². The molecule has 1 unspecified atom stereocenters. The Bertz CT molecular complexity index is 354. The lowest BCUT2D eigenvalue weighted by Gasteiger charge is -2.16. The Labute approximate surface area is 121 Å². The molecule has 0 aliphatic rings. The quantitative estimate of drug-likeness (QED) is 0.633. The van der Waals surface area contributed by atoms with Crippen LogP contribution in [-0.2, 0) is 15.9 Å². The first kappa shape index (κ1) is 17.0. The van der Waals surface area contributed by atoms with Gasteiger partial charge in [-0.1, -0.05) is 18.2 Å². The molecule has 0 heterocycles. The first-order valence-electron chi connectivity index (χ1n) is 7.11. The largest absolute Gasteiger partial charge is 0.496 e. The van der Waals surface area contributed by atoms with Crippen LogP contribution in [0, 0.1) is 5.92 Å². The van der Waals surface area contributed by atoms with Crippen LogP contribution in [0.5, 0.6) is 5.75 Å². The van der Waals surface area contributed by atoms with Crippen molar-refractivity contribution in [3.8, 4) is 5.75 Å². The average Bonchev–Trinajstić information content (AvgIpc) is 2.50. The average molecular weight is 282 g/mol. The second kappa shape index (κ2) is 10.7. The third-order valence-electron chi connectivity index (χ3n) is 3.29. The molecule has 0 aliphatic carbocycles. The van der Waals surface area contributed by atoms with Gasteiger partial charge in [0.15, 0.2) is 0 Å². The molecule has 4 nitrogen and oxygen atoms in total. The molecule has 1 aromatic rings. The minimum atomic E-state index is 0.191. The number of hydrogen-bond donors (Lipinski definition) is 1. The van der Waals surface area contributed by atoms with Crippen molar-refractivity contribution < 1.29 is 19.3 Å². The van der Waals surface area contributed by atoms with Gasteiger partial charge in [-0.2, -0.15) is 0 Å². The molecular formula is C16H26O4. The normalized spacial score (nSPS) is 12.3. The summed E-state index contributed by atoms with van der Waals surface area (Å²) in [5.41, 5.74) is 1.15. The summed E-state index contributed by atoms with van der Waals surface area (Å²) < 4.78 is 15.7. The van der Waals surface area contributed by atoms with Crippen LogP contribution in [0.1, 0.15) is 18.4 Å². The zero-order chi connectivity index (χ0) is 14.6. The lowest BCUT2D eigenvalue weighted by Crippen LogP contribution is -2.12. The summed E-state index contributed by atoms with van der Waals surface area (Å²) in [5.74, 6) is 1.14. The van der Waals surface area contributed by atoms with Crippen molar-refractivity contribution in [2.24, 2.45) is 5.92 Å². The molecule has 4 heteroatoms. The Morgan fingerprint density at radius 1 is 1.10 bits per heavy atom. The molecule has 0 saturated heterocycles. The van der Waals surface area contributed by atoms with Crippen molar-refractivity contribution in [2.45, 2.75) is 19.3 Å². The summed E-state index contributed by atoms with van der Waals surface area (Å²) >= 11 is 0. The van der Waals surface area contributed by atoms with E-state index in [2.05, 4.69) is 6.07 Å². The number of aliphatic hydroxyl groups is 1. The summed E-state index contributed by atoms with van der Waals surface area (Å²) in [5, 5.41) is 9.49. The van der Waals surface area contributed by atoms with Crippen LogP contribution in [0.3, 0.4) is 0 Å². The Morgan fingerprint density at radius 2 is 1.90 bits per heavy atom. The van der Waals surface area contributed by atoms with Crippen molar-refractivity contribution in [3.63, 3.8) is 0 Å². The van der Waals surface area contributed by atoms with Gasteiger partial charge < -0.3 is 19.3 Å². The monoisotopic (exact) mass is 282 g/mol. The molecule has 114 valence electrons. The van der Waals surface area contributed by atoms with Crippen LogP contribution in [-0.4, -0.2) is 45.8 Å². The molecule has 1 rings (SSSR count). The third-order valence-corrected chi connectivity index (χ3v) is 3.29. The highest BCUT2D eigenvalue weighted by atomic mass is 16.5. The highest BCUT2D eigenvalue weighted by Crippen LogP contribution is 2.22. The number of methoxy groups -OCH3 is 2. The van der Waals surface area contributed by atoms with E-state index >= 15 is 0 Å². The number of ether oxygens (including phenoxy) is 3. The fourth-order valence-corrected chi connectivity index (χ4v) is 2.16. The predicted molar refractivity (Wildman–Crippen MR) is 79.2 cm³/mol. The first-order chi connectivity index (χ1) is 9.81. The van der Waals surface area contributed by atoms with Gasteiger partial charge in [-0.25, -0.2) is 0 Å². The molecule has 1 atom stereocenters. The van der Waals surface area contributed by atoms with Crippen molar-refractivity contribution in [1.82, 2.24) is 0 Å². The van der Waals surface area contributed by atoms with E-state index in [0.29, 0.717) is 19.8 Å². The molecule has 20 heavy (non-hydrogen) atoms. The highest BCUT2D eigenvalue weighted by Gasteiger charge is 2.11. The van der Waals surface area contributed by atoms with E-state index in [1.54, 1.807) is 14.2 Å². The second-order valence-corrected chi connectivity index (χ2v) is 4.81. The van der Waals surface area contributed by atoms with Crippen LogP contribution in [0.15, 0.2) is 24.3 Å². The van der Waals surface area contributed by atoms with Crippen molar-refractivity contribution in [3.05, 3.63) is 29.8 Å². The zero-order valence-corrected chi connectivity index (χ0v) is 12.5. The van der Waals surface area contributed by atoms with Gasteiger partial charge >= 0.3 is 0 Å². The smallest absolute Gasteiger partial charge is 0.122 e. The molecule has 0 amide bonds. The van der Waals surface area contributed by atoms with Gasteiger partial charge in [0, 0.05) is 20.3 Å². The summed E-state index contributed by atoms with van der Waals surface area (Å²) in [7, 11) is 3.34. The van der Waals surface area contributed by atoms with Gasteiger partial charge in [-0.15, -0.1) is 0 Å². The van der Waals surface area contributed by atoms with E-state index in [0.717, 1.165) is 30.6 Å². The predicted octanol–water partition coefficient (Wildman–Crippen LogP) is 2.29. The summed E-state index contributed by atoms with van der Waals surface area (Å²) in [6, 6.07) is 7.97. The molecular weight excluding hydrogens is 256 g/mol. The van der Waals surface area contributed by atoms with Crippen molar-refractivity contribution in [1.29, 1.82) is 0 Å². The molecule has 0 bridgehead atoms. The van der Waals surface area contributed by atoms with Gasteiger partial charge in [-0.05, 0) is 36.8 Å². The molecule has 0 radical (unpaired) electrons. The van der Waals surface area contributed by atoms with Crippen molar-refractivity contribution in [2.75, 3.05) is 40.6 Å². The lowest BCUT2D eigenvalue weighted by atomic mass is 9.95. The molecule has 0 spiro atoms. The van der Waals surface area contributed by atoms with E-state index in [9.17, 15) is 5.11 Å². The first-order valence-corrected chi connectivity index (χ1v) is 7.11. The Morgan fingerprint density at radius 3 is 2.60 bits per heavy atom. The summed E-state index contributed by atoms with van der Waals surface area (Å²) in [6.07, 6.45) is 2.73. The minimum absolute atomic E-state index is 0.191. The Hall–Kier alpha value is -1.10. The summed E-state index contributed by atoms with van der Waals surface area (Å²) in [6.45, 7) is 2.17. The van der Waals surface area contributed by atoms with E-state index in [4.69, 9.17) is 14.2 Å². The van der Waals surface area contributed by atoms with Crippen LogP contribution in [0.4, 0.5) is 0 Å². The standard InChI is InChI=1S/C16H26O4/c1-18-10-11-20-9-5-6-14(13-17)12-15-7-3-4-8-16(15)19-2/h3-4,7-8,14,17H,5-6,9-13H2,1-2H3. The maximum absolute atomic E-state index is 9.49. The maximum atomic E-state index is 9.49. The van der Waals surface area contributed by atoms with Crippen LogP contribution in [0.25, 0.3) is 0 Å². The molecule has 0 saturated carbocycles. The van der Waals surface area contributed by atoms with Crippen LogP contribution >= 0.6 is 0 Å². The Balaban J connectivity index is 2.31. The number of para-hydroxylation sites is 1. The number of benzene rings is 1. The Kier molecular flexibility index (Phi) is 9.04.